The Bertz CT molecular complexity index is 1250. The van der Waals surface area contributed by atoms with E-state index in [1.165, 1.54) is 42.1 Å². The largest absolute Gasteiger partial charge is 0.325 e. The molecule has 31 heavy (non-hydrogen) atoms. The van der Waals surface area contributed by atoms with Crippen LogP contribution in [0.1, 0.15) is 11.3 Å². The van der Waals surface area contributed by atoms with Gasteiger partial charge in [0, 0.05) is 12.1 Å². The summed E-state index contributed by atoms with van der Waals surface area (Å²) in [5.41, 5.74) is 3.47. The highest BCUT2D eigenvalue weighted by Gasteiger charge is 2.13. The first-order valence-electron chi connectivity index (χ1n) is 9.36. The highest BCUT2D eigenvalue weighted by Crippen LogP contribution is 2.25. The van der Waals surface area contributed by atoms with Crippen LogP contribution >= 0.6 is 23.4 Å². The van der Waals surface area contributed by atoms with Crippen LogP contribution in [0, 0.1) is 11.6 Å². The lowest BCUT2D eigenvalue weighted by Gasteiger charge is -2.10. The normalized spacial score (nSPS) is 10.9. The van der Waals surface area contributed by atoms with E-state index in [4.69, 9.17) is 16.6 Å². The van der Waals surface area contributed by atoms with Gasteiger partial charge >= 0.3 is 0 Å². The van der Waals surface area contributed by atoms with E-state index in [2.05, 4.69) is 10.3 Å². The van der Waals surface area contributed by atoms with Gasteiger partial charge in [0.2, 0.25) is 5.91 Å². The molecule has 0 aliphatic heterocycles. The number of fused-ring (bicyclic) bond motifs is 1. The third-order valence-corrected chi connectivity index (χ3v) is 5.73. The minimum atomic E-state index is -0.550. The number of halogens is 3. The van der Waals surface area contributed by atoms with E-state index in [1.807, 2.05) is 24.3 Å². The third-order valence-electron chi connectivity index (χ3n) is 4.43. The maximum absolute atomic E-state index is 13.3. The van der Waals surface area contributed by atoms with Crippen LogP contribution in [-0.4, -0.2) is 21.6 Å². The fraction of sp³-hybridized carbons (Fsp3) is 0.0870. The molecule has 0 atom stereocenters. The van der Waals surface area contributed by atoms with Crippen LogP contribution in [0.3, 0.4) is 0 Å². The van der Waals surface area contributed by atoms with E-state index in [0.717, 1.165) is 16.6 Å². The summed E-state index contributed by atoms with van der Waals surface area (Å²) in [5.74, 6) is -1.06. The Morgan fingerprint density at radius 2 is 1.68 bits per heavy atom. The van der Waals surface area contributed by atoms with Gasteiger partial charge in [-0.3, -0.25) is 4.79 Å². The predicted octanol–water partition coefficient (Wildman–Crippen LogP) is 5.88. The van der Waals surface area contributed by atoms with Crippen molar-refractivity contribution in [2.24, 2.45) is 0 Å². The number of nitrogens with one attached hydrogen (secondary N) is 1. The van der Waals surface area contributed by atoms with Crippen LogP contribution in [0.2, 0.25) is 5.02 Å². The molecule has 1 aromatic heterocycles. The summed E-state index contributed by atoms with van der Waals surface area (Å²) in [6, 6.07) is 17.7. The standard InChI is InChI=1S/C23H16ClF2N3OS/c24-17-12-16(9-10-18(17)26)27-22(30)13-31-23-21(11-14-5-7-15(25)8-6-14)28-19-3-1-2-4-20(19)29-23/h1-10,12H,11,13H2,(H,27,30). The number of carbonyl (C=O) groups excluding carboxylic acids is 1. The topological polar surface area (TPSA) is 54.9 Å². The summed E-state index contributed by atoms with van der Waals surface area (Å²) in [6.07, 6.45) is 0.454. The van der Waals surface area contributed by atoms with Crippen LogP contribution in [0.4, 0.5) is 14.5 Å². The van der Waals surface area contributed by atoms with Crippen LogP contribution in [0.5, 0.6) is 0 Å². The maximum Gasteiger partial charge on any atom is 0.234 e. The van der Waals surface area contributed by atoms with Crippen molar-refractivity contribution in [1.29, 1.82) is 0 Å². The first kappa shape index (κ1) is 21.2. The molecule has 0 aliphatic carbocycles. The highest BCUT2D eigenvalue weighted by molar-refractivity contribution is 8.00. The van der Waals surface area contributed by atoms with Gasteiger partial charge in [0.25, 0.3) is 0 Å². The van der Waals surface area contributed by atoms with Gasteiger partial charge in [-0.15, -0.1) is 0 Å². The lowest BCUT2D eigenvalue weighted by molar-refractivity contribution is -0.113. The zero-order chi connectivity index (χ0) is 21.8. The molecule has 3 aromatic carbocycles. The van der Waals surface area contributed by atoms with Crippen LogP contribution < -0.4 is 5.32 Å². The van der Waals surface area contributed by atoms with E-state index >= 15 is 0 Å². The second-order valence-electron chi connectivity index (χ2n) is 6.73. The minimum absolute atomic E-state index is 0.0626. The number of aromatic nitrogens is 2. The fourth-order valence-corrected chi connectivity index (χ4v) is 3.92. The smallest absolute Gasteiger partial charge is 0.234 e. The first-order valence-corrected chi connectivity index (χ1v) is 10.7. The average Bonchev–Trinajstić information content (AvgIpc) is 2.76. The van der Waals surface area contributed by atoms with Gasteiger partial charge in [-0.1, -0.05) is 47.6 Å². The van der Waals surface area contributed by atoms with Gasteiger partial charge in [-0.2, -0.15) is 0 Å². The van der Waals surface area contributed by atoms with Crippen molar-refractivity contribution in [1.82, 2.24) is 9.97 Å². The number of anilines is 1. The summed E-state index contributed by atoms with van der Waals surface area (Å²) in [5, 5.41) is 3.25. The number of para-hydroxylation sites is 2. The Balaban J connectivity index is 1.54. The number of nitrogens with zero attached hydrogens (tertiary/aromatic N) is 2. The summed E-state index contributed by atoms with van der Waals surface area (Å²) in [6.45, 7) is 0. The van der Waals surface area contributed by atoms with Gasteiger partial charge in [0.1, 0.15) is 16.7 Å². The van der Waals surface area contributed by atoms with Gasteiger partial charge < -0.3 is 5.32 Å². The van der Waals surface area contributed by atoms with E-state index in [9.17, 15) is 13.6 Å². The van der Waals surface area contributed by atoms with Crippen molar-refractivity contribution in [2.75, 3.05) is 11.1 Å². The molecule has 0 spiro atoms. The Morgan fingerprint density at radius 1 is 0.968 bits per heavy atom. The Morgan fingerprint density at radius 3 is 2.39 bits per heavy atom. The van der Waals surface area contributed by atoms with E-state index in [-0.39, 0.29) is 22.5 Å². The quantitative estimate of drug-likeness (QED) is 0.369. The first-order chi connectivity index (χ1) is 15.0. The van der Waals surface area contributed by atoms with Crippen molar-refractivity contribution in [3.63, 3.8) is 0 Å². The van der Waals surface area contributed by atoms with Crippen molar-refractivity contribution < 1.29 is 13.6 Å². The number of carbonyl (C=O) groups is 1. The van der Waals surface area contributed by atoms with Gasteiger partial charge in [0.15, 0.2) is 0 Å². The van der Waals surface area contributed by atoms with Crippen LogP contribution in [0.25, 0.3) is 11.0 Å². The summed E-state index contributed by atoms with van der Waals surface area (Å²) < 4.78 is 26.5. The van der Waals surface area contributed by atoms with Gasteiger partial charge in [0.05, 0.1) is 27.5 Å². The molecule has 0 unspecified atom stereocenters. The molecular weight excluding hydrogens is 440 g/mol. The molecule has 4 nitrogen and oxygen atoms in total. The third kappa shape index (κ3) is 5.37. The molecule has 0 saturated heterocycles. The van der Waals surface area contributed by atoms with Crippen LogP contribution in [-0.2, 0) is 11.2 Å². The molecule has 0 saturated carbocycles. The predicted molar refractivity (Wildman–Crippen MR) is 120 cm³/mol. The van der Waals surface area contributed by atoms with Crippen molar-refractivity contribution in [3.05, 3.63) is 94.6 Å². The molecular formula is C23H16ClF2N3OS. The summed E-state index contributed by atoms with van der Waals surface area (Å²) >= 11 is 7.01. The minimum Gasteiger partial charge on any atom is -0.325 e. The molecule has 0 bridgehead atoms. The van der Waals surface area contributed by atoms with Crippen molar-refractivity contribution >= 4 is 46.0 Å². The molecule has 1 N–H and O–H groups in total. The number of amides is 1. The second-order valence-corrected chi connectivity index (χ2v) is 8.10. The zero-order valence-corrected chi connectivity index (χ0v) is 17.7. The van der Waals surface area contributed by atoms with E-state index in [0.29, 0.717) is 22.8 Å². The molecule has 8 heteroatoms. The van der Waals surface area contributed by atoms with Crippen molar-refractivity contribution in [2.45, 2.75) is 11.4 Å². The van der Waals surface area contributed by atoms with Gasteiger partial charge in [-0.25, -0.2) is 18.7 Å². The van der Waals surface area contributed by atoms with Gasteiger partial charge in [-0.05, 0) is 48.0 Å². The Labute approximate surface area is 186 Å². The number of rotatable bonds is 6. The lowest BCUT2D eigenvalue weighted by Crippen LogP contribution is -2.14. The molecule has 1 amide bonds. The molecule has 4 rings (SSSR count). The fourth-order valence-electron chi connectivity index (χ4n) is 2.95. The SMILES string of the molecule is O=C(CSc1nc2ccccc2nc1Cc1ccc(F)cc1)Nc1ccc(F)c(Cl)c1. The summed E-state index contributed by atoms with van der Waals surface area (Å²) in [4.78, 5) is 21.8. The lowest BCUT2D eigenvalue weighted by atomic mass is 10.1. The van der Waals surface area contributed by atoms with Crippen LogP contribution in [0.15, 0.2) is 71.8 Å². The second kappa shape index (κ2) is 9.41. The van der Waals surface area contributed by atoms with E-state index in [1.54, 1.807) is 12.1 Å². The zero-order valence-electron chi connectivity index (χ0n) is 16.1. The Kier molecular flexibility index (Phi) is 6.44. The van der Waals surface area contributed by atoms with E-state index < -0.39 is 5.82 Å². The maximum atomic E-state index is 13.3. The number of thioether (sulfide) groups is 1. The monoisotopic (exact) mass is 455 g/mol. The van der Waals surface area contributed by atoms with Crippen molar-refractivity contribution in [3.8, 4) is 0 Å². The molecule has 1 heterocycles. The molecule has 0 aliphatic rings. The molecule has 0 fully saturated rings. The highest BCUT2D eigenvalue weighted by atomic mass is 35.5. The molecule has 0 radical (unpaired) electrons. The number of benzene rings is 3. The summed E-state index contributed by atoms with van der Waals surface area (Å²) in [7, 11) is 0. The Hall–Kier alpha value is -3.03. The molecule has 156 valence electrons. The molecule has 4 aromatic rings. The average molecular weight is 456 g/mol. The number of hydrogen-bond acceptors (Lipinski definition) is 4. The number of hydrogen-bond donors (Lipinski definition) is 1.